The van der Waals surface area contributed by atoms with Gasteiger partial charge in [-0.05, 0) is 0 Å². The molecular formula is C14H16N2O7. The highest BCUT2D eigenvalue weighted by Crippen LogP contribution is 2.34. The average molecular weight is 324 g/mol. The van der Waals surface area contributed by atoms with Gasteiger partial charge >= 0.3 is 5.97 Å². The van der Waals surface area contributed by atoms with Crippen molar-refractivity contribution in [2.45, 2.75) is 6.92 Å². The molecule has 1 aromatic carbocycles. The smallest absolute Gasteiger partial charge is 0.302 e. The number of hydrogen-bond acceptors (Lipinski definition) is 8. The van der Waals surface area contributed by atoms with Crippen LogP contribution in [0.2, 0.25) is 0 Å². The predicted octanol–water partition coefficient (Wildman–Crippen LogP) is 1.43. The van der Waals surface area contributed by atoms with Crippen LogP contribution >= 0.6 is 0 Å². The molecule has 0 amide bonds. The molecular weight excluding hydrogens is 308 g/mol. The van der Waals surface area contributed by atoms with Crippen LogP contribution < -0.4 is 9.47 Å². The summed E-state index contributed by atoms with van der Waals surface area (Å²) in [6, 6.07) is 4.08. The van der Waals surface area contributed by atoms with Crippen molar-refractivity contribution in [3.63, 3.8) is 0 Å². The maximum atomic E-state index is 11.0. The van der Waals surface area contributed by atoms with Crippen molar-refractivity contribution in [2.75, 3.05) is 33.5 Å². The van der Waals surface area contributed by atoms with Crippen molar-refractivity contribution < 1.29 is 28.7 Å². The highest BCUT2D eigenvalue weighted by atomic mass is 16.6. The van der Waals surface area contributed by atoms with Gasteiger partial charge in [-0.2, -0.15) is 5.26 Å². The summed E-state index contributed by atoms with van der Waals surface area (Å²) >= 11 is 0. The fourth-order valence-corrected chi connectivity index (χ4v) is 1.59. The molecule has 0 aliphatic heterocycles. The lowest BCUT2D eigenvalue weighted by molar-refractivity contribution is -0.385. The van der Waals surface area contributed by atoms with Gasteiger partial charge in [-0.3, -0.25) is 14.9 Å². The normalized spacial score (nSPS) is 9.78. The molecule has 0 unspecified atom stereocenters. The molecule has 0 saturated heterocycles. The third kappa shape index (κ3) is 5.80. The first kappa shape index (κ1) is 18.2. The Balaban J connectivity index is 2.96. The van der Waals surface area contributed by atoms with E-state index in [4.69, 9.17) is 24.2 Å². The molecule has 23 heavy (non-hydrogen) atoms. The lowest BCUT2D eigenvalue weighted by Crippen LogP contribution is -2.11. The molecule has 0 aliphatic rings. The molecule has 124 valence electrons. The number of carbonyl (C=O) groups is 1. The van der Waals surface area contributed by atoms with Crippen LogP contribution in [0.15, 0.2) is 12.1 Å². The first-order valence-electron chi connectivity index (χ1n) is 6.60. The molecule has 0 fully saturated rings. The molecule has 0 radical (unpaired) electrons. The number of esters is 1. The van der Waals surface area contributed by atoms with E-state index in [1.165, 1.54) is 20.1 Å². The molecule has 0 heterocycles. The second-order valence-electron chi connectivity index (χ2n) is 4.21. The van der Waals surface area contributed by atoms with Crippen LogP contribution in [0, 0.1) is 21.4 Å². The summed E-state index contributed by atoms with van der Waals surface area (Å²) in [5, 5.41) is 20.0. The van der Waals surface area contributed by atoms with E-state index >= 15 is 0 Å². The van der Waals surface area contributed by atoms with Gasteiger partial charge in [-0.1, -0.05) is 0 Å². The van der Waals surface area contributed by atoms with Crippen LogP contribution in [0.3, 0.4) is 0 Å². The van der Waals surface area contributed by atoms with E-state index in [9.17, 15) is 14.9 Å². The number of benzene rings is 1. The van der Waals surface area contributed by atoms with Gasteiger partial charge in [0.2, 0.25) is 0 Å². The zero-order valence-corrected chi connectivity index (χ0v) is 12.7. The minimum absolute atomic E-state index is 0.0106. The predicted molar refractivity (Wildman–Crippen MR) is 77.3 cm³/mol. The van der Waals surface area contributed by atoms with Crippen LogP contribution in [0.25, 0.3) is 0 Å². The summed E-state index contributed by atoms with van der Waals surface area (Å²) in [6.45, 7) is 1.71. The summed E-state index contributed by atoms with van der Waals surface area (Å²) in [7, 11) is 1.50. The van der Waals surface area contributed by atoms with Crippen molar-refractivity contribution >= 4 is 11.7 Å². The lowest BCUT2D eigenvalue weighted by Gasteiger charge is -2.13. The topological polar surface area (TPSA) is 121 Å². The van der Waals surface area contributed by atoms with Crippen molar-refractivity contribution in [2.24, 2.45) is 0 Å². The first-order valence-corrected chi connectivity index (χ1v) is 6.60. The van der Waals surface area contributed by atoms with Crippen LogP contribution in [0.1, 0.15) is 12.5 Å². The second kappa shape index (κ2) is 9.22. The van der Waals surface area contributed by atoms with E-state index in [1.807, 2.05) is 0 Å². The van der Waals surface area contributed by atoms with Gasteiger partial charge in [0.1, 0.15) is 31.5 Å². The number of nitro benzene ring substituents is 1. The number of nitriles is 1. The summed E-state index contributed by atoms with van der Waals surface area (Å²) < 4.78 is 20.3. The third-order valence-corrected chi connectivity index (χ3v) is 2.57. The second-order valence-corrected chi connectivity index (χ2v) is 4.21. The Bertz CT molecular complexity index is 610. The van der Waals surface area contributed by atoms with Crippen molar-refractivity contribution in [1.29, 1.82) is 5.26 Å². The Morgan fingerprint density at radius 3 is 2.35 bits per heavy atom. The van der Waals surface area contributed by atoms with E-state index < -0.39 is 16.6 Å². The van der Waals surface area contributed by atoms with Gasteiger partial charge in [0.25, 0.3) is 5.69 Å². The zero-order valence-electron chi connectivity index (χ0n) is 12.7. The SMILES string of the molecule is COCCOc1cc(C#N)c([N+](=O)[O-])cc1OCCOC(C)=O. The molecule has 9 nitrogen and oxygen atoms in total. The van der Waals surface area contributed by atoms with Gasteiger partial charge in [-0.15, -0.1) is 0 Å². The molecule has 0 atom stereocenters. The van der Waals surface area contributed by atoms with E-state index in [1.54, 1.807) is 6.07 Å². The Morgan fingerprint density at radius 1 is 1.22 bits per heavy atom. The summed E-state index contributed by atoms with van der Waals surface area (Å²) in [5.41, 5.74) is -0.538. The maximum Gasteiger partial charge on any atom is 0.302 e. The largest absolute Gasteiger partial charge is 0.487 e. The van der Waals surface area contributed by atoms with Gasteiger partial charge in [0, 0.05) is 20.1 Å². The molecule has 1 rings (SSSR count). The van der Waals surface area contributed by atoms with Crippen LogP contribution in [0.4, 0.5) is 5.69 Å². The average Bonchev–Trinajstić information content (AvgIpc) is 2.51. The van der Waals surface area contributed by atoms with Crippen LogP contribution in [-0.2, 0) is 14.3 Å². The van der Waals surface area contributed by atoms with Crippen LogP contribution in [0.5, 0.6) is 11.5 Å². The number of methoxy groups -OCH3 is 1. The van der Waals surface area contributed by atoms with E-state index in [0.717, 1.165) is 6.07 Å². The molecule has 0 spiro atoms. The van der Waals surface area contributed by atoms with E-state index in [2.05, 4.69) is 0 Å². The standard InChI is InChI=1S/C14H16N2O7/c1-10(17)21-5-6-23-14-8-12(16(18)19)11(9-15)7-13(14)22-4-3-20-2/h7-8H,3-6H2,1-2H3. The third-order valence-electron chi connectivity index (χ3n) is 2.57. The first-order chi connectivity index (χ1) is 11.0. The van der Waals surface area contributed by atoms with Crippen LogP contribution in [-0.4, -0.2) is 44.4 Å². The Kier molecular flexibility index (Phi) is 7.29. The van der Waals surface area contributed by atoms with Crippen molar-refractivity contribution in [3.8, 4) is 17.6 Å². The van der Waals surface area contributed by atoms with E-state index in [-0.39, 0.29) is 36.9 Å². The minimum atomic E-state index is -0.684. The molecule has 0 bridgehead atoms. The zero-order chi connectivity index (χ0) is 17.2. The summed E-state index contributed by atoms with van der Waals surface area (Å²) in [5.74, 6) is -0.207. The van der Waals surface area contributed by atoms with E-state index in [0.29, 0.717) is 6.61 Å². The lowest BCUT2D eigenvalue weighted by atomic mass is 10.1. The van der Waals surface area contributed by atoms with Crippen molar-refractivity contribution in [1.82, 2.24) is 0 Å². The number of carbonyl (C=O) groups excluding carboxylic acids is 1. The Hall–Kier alpha value is -2.86. The van der Waals surface area contributed by atoms with Gasteiger partial charge in [0.05, 0.1) is 17.6 Å². The summed E-state index contributed by atoms with van der Waals surface area (Å²) in [4.78, 5) is 21.0. The maximum absolute atomic E-state index is 11.0. The van der Waals surface area contributed by atoms with Crippen molar-refractivity contribution in [3.05, 3.63) is 27.8 Å². The number of nitrogens with zero attached hydrogens (tertiary/aromatic N) is 2. The highest BCUT2D eigenvalue weighted by molar-refractivity contribution is 5.65. The highest BCUT2D eigenvalue weighted by Gasteiger charge is 2.20. The molecule has 9 heteroatoms. The molecule has 0 aliphatic carbocycles. The fraction of sp³-hybridized carbons (Fsp3) is 0.429. The molecule has 0 N–H and O–H groups in total. The Morgan fingerprint density at radius 2 is 1.83 bits per heavy atom. The number of ether oxygens (including phenoxy) is 4. The Labute approximate surface area is 132 Å². The number of hydrogen-bond donors (Lipinski definition) is 0. The van der Waals surface area contributed by atoms with Gasteiger partial charge in [-0.25, -0.2) is 0 Å². The minimum Gasteiger partial charge on any atom is -0.487 e. The van der Waals surface area contributed by atoms with Gasteiger partial charge in [0.15, 0.2) is 11.5 Å². The number of nitro groups is 1. The number of rotatable bonds is 9. The fourth-order valence-electron chi connectivity index (χ4n) is 1.59. The quantitative estimate of drug-likeness (QED) is 0.289. The molecule has 1 aromatic rings. The molecule has 0 saturated carbocycles. The molecule has 0 aromatic heterocycles. The summed E-state index contributed by atoms with van der Waals surface area (Å²) in [6.07, 6.45) is 0. The monoisotopic (exact) mass is 324 g/mol. The van der Waals surface area contributed by atoms with Gasteiger partial charge < -0.3 is 18.9 Å².